The van der Waals surface area contributed by atoms with Crippen molar-refractivity contribution in [2.45, 2.75) is 37.5 Å². The van der Waals surface area contributed by atoms with Crippen molar-refractivity contribution in [3.63, 3.8) is 0 Å². The summed E-state index contributed by atoms with van der Waals surface area (Å²) in [6, 6.07) is 8.37. The lowest BCUT2D eigenvalue weighted by Gasteiger charge is -2.36. The standard InChI is InChI=1S/C13H19NS/c14-12-6-4-11(5-7-12)13(10-15)8-2-1-3-9-13/h4-7,15H,1-3,8-10,14H2. The van der Waals surface area contributed by atoms with Crippen LogP contribution >= 0.6 is 12.6 Å². The van der Waals surface area contributed by atoms with E-state index in [-0.39, 0.29) is 0 Å². The van der Waals surface area contributed by atoms with Crippen LogP contribution in [0.25, 0.3) is 0 Å². The van der Waals surface area contributed by atoms with Gasteiger partial charge < -0.3 is 5.73 Å². The average Bonchev–Trinajstić information content (AvgIpc) is 2.31. The van der Waals surface area contributed by atoms with E-state index in [4.69, 9.17) is 5.73 Å². The van der Waals surface area contributed by atoms with Crippen molar-refractivity contribution < 1.29 is 0 Å². The quantitative estimate of drug-likeness (QED) is 0.581. The van der Waals surface area contributed by atoms with Gasteiger partial charge in [-0.25, -0.2) is 0 Å². The second-order valence-corrected chi connectivity index (χ2v) is 4.94. The van der Waals surface area contributed by atoms with Crippen molar-refractivity contribution in [3.8, 4) is 0 Å². The highest BCUT2D eigenvalue weighted by molar-refractivity contribution is 7.80. The van der Waals surface area contributed by atoms with E-state index in [0.717, 1.165) is 11.4 Å². The lowest BCUT2D eigenvalue weighted by Crippen LogP contribution is -2.30. The molecule has 1 fully saturated rings. The molecule has 0 bridgehead atoms. The molecular weight excluding hydrogens is 202 g/mol. The number of anilines is 1. The van der Waals surface area contributed by atoms with Crippen LogP contribution in [0.15, 0.2) is 24.3 Å². The Bertz CT molecular complexity index is 312. The first-order valence-electron chi connectivity index (χ1n) is 5.74. The van der Waals surface area contributed by atoms with Crippen LogP contribution in [0.5, 0.6) is 0 Å². The molecule has 0 spiro atoms. The van der Waals surface area contributed by atoms with E-state index in [1.165, 1.54) is 37.7 Å². The molecule has 1 saturated carbocycles. The van der Waals surface area contributed by atoms with Crippen LogP contribution in [0.3, 0.4) is 0 Å². The van der Waals surface area contributed by atoms with E-state index in [2.05, 4.69) is 24.8 Å². The predicted octanol–water partition coefficient (Wildman–Crippen LogP) is 3.40. The highest BCUT2D eigenvalue weighted by Crippen LogP contribution is 2.40. The molecule has 1 aliphatic rings. The fraction of sp³-hybridized carbons (Fsp3) is 0.538. The minimum Gasteiger partial charge on any atom is -0.399 e. The highest BCUT2D eigenvalue weighted by Gasteiger charge is 2.32. The van der Waals surface area contributed by atoms with E-state index >= 15 is 0 Å². The fourth-order valence-corrected chi connectivity index (χ4v) is 3.10. The fourth-order valence-electron chi connectivity index (χ4n) is 2.60. The third kappa shape index (κ3) is 2.15. The van der Waals surface area contributed by atoms with Gasteiger partial charge in [0.15, 0.2) is 0 Å². The summed E-state index contributed by atoms with van der Waals surface area (Å²) < 4.78 is 0. The Morgan fingerprint density at radius 2 is 1.67 bits per heavy atom. The van der Waals surface area contributed by atoms with E-state index in [1.807, 2.05) is 12.1 Å². The van der Waals surface area contributed by atoms with Gasteiger partial charge in [0, 0.05) is 11.1 Å². The zero-order valence-electron chi connectivity index (χ0n) is 9.08. The molecule has 0 radical (unpaired) electrons. The first-order valence-corrected chi connectivity index (χ1v) is 6.37. The molecule has 2 rings (SSSR count). The molecule has 0 aliphatic heterocycles. The van der Waals surface area contributed by atoms with Crippen LogP contribution in [-0.2, 0) is 5.41 Å². The smallest absolute Gasteiger partial charge is 0.0314 e. The second kappa shape index (κ2) is 4.48. The molecule has 1 nitrogen and oxygen atoms in total. The van der Waals surface area contributed by atoms with Gasteiger partial charge in [-0.2, -0.15) is 12.6 Å². The summed E-state index contributed by atoms with van der Waals surface area (Å²) in [5.74, 6) is 0.955. The maximum absolute atomic E-state index is 5.72. The molecule has 0 atom stereocenters. The van der Waals surface area contributed by atoms with Crippen molar-refractivity contribution in [2.75, 3.05) is 11.5 Å². The number of hydrogen-bond acceptors (Lipinski definition) is 2. The largest absolute Gasteiger partial charge is 0.399 e. The van der Waals surface area contributed by atoms with Crippen LogP contribution in [-0.4, -0.2) is 5.75 Å². The van der Waals surface area contributed by atoms with E-state index in [0.29, 0.717) is 5.41 Å². The van der Waals surface area contributed by atoms with E-state index in [9.17, 15) is 0 Å². The molecule has 0 unspecified atom stereocenters. The Balaban J connectivity index is 2.28. The normalized spacial score (nSPS) is 20.1. The van der Waals surface area contributed by atoms with Crippen molar-refractivity contribution >= 4 is 18.3 Å². The summed E-state index contributed by atoms with van der Waals surface area (Å²) in [7, 11) is 0. The van der Waals surface area contributed by atoms with Gasteiger partial charge in [0.1, 0.15) is 0 Å². The zero-order chi connectivity index (χ0) is 10.7. The first-order chi connectivity index (χ1) is 7.27. The molecule has 0 saturated heterocycles. The number of hydrogen-bond donors (Lipinski definition) is 2. The molecule has 0 amide bonds. The van der Waals surface area contributed by atoms with Crippen molar-refractivity contribution in [2.24, 2.45) is 0 Å². The lowest BCUT2D eigenvalue weighted by atomic mass is 9.71. The molecule has 2 heteroatoms. The molecule has 2 N–H and O–H groups in total. The van der Waals surface area contributed by atoms with Gasteiger partial charge in [-0.15, -0.1) is 0 Å². The van der Waals surface area contributed by atoms with Gasteiger partial charge in [-0.3, -0.25) is 0 Å². The van der Waals surface area contributed by atoms with Crippen molar-refractivity contribution in [1.82, 2.24) is 0 Å². The summed E-state index contributed by atoms with van der Waals surface area (Å²) in [5.41, 5.74) is 8.31. The third-order valence-electron chi connectivity index (χ3n) is 3.64. The molecule has 82 valence electrons. The van der Waals surface area contributed by atoms with Crippen LogP contribution in [0.4, 0.5) is 5.69 Å². The third-order valence-corrected chi connectivity index (χ3v) is 4.24. The monoisotopic (exact) mass is 221 g/mol. The SMILES string of the molecule is Nc1ccc(C2(CS)CCCCC2)cc1. The summed E-state index contributed by atoms with van der Waals surface area (Å²) in [6.07, 6.45) is 6.61. The average molecular weight is 221 g/mol. The number of thiol groups is 1. The summed E-state index contributed by atoms with van der Waals surface area (Å²) in [5, 5.41) is 0. The zero-order valence-corrected chi connectivity index (χ0v) is 9.97. The minimum absolute atomic E-state index is 0.315. The molecular formula is C13H19NS. The van der Waals surface area contributed by atoms with Crippen LogP contribution in [0, 0.1) is 0 Å². The molecule has 1 aliphatic carbocycles. The second-order valence-electron chi connectivity index (χ2n) is 4.62. The Morgan fingerprint density at radius 1 is 1.07 bits per heavy atom. The molecule has 0 aromatic heterocycles. The predicted molar refractivity (Wildman–Crippen MR) is 69.5 cm³/mol. The number of benzene rings is 1. The maximum Gasteiger partial charge on any atom is 0.0314 e. The topological polar surface area (TPSA) is 26.0 Å². The molecule has 0 heterocycles. The van der Waals surface area contributed by atoms with Crippen LogP contribution < -0.4 is 5.73 Å². The summed E-state index contributed by atoms with van der Waals surface area (Å²) in [6.45, 7) is 0. The van der Waals surface area contributed by atoms with E-state index < -0.39 is 0 Å². The molecule has 15 heavy (non-hydrogen) atoms. The number of nitrogen functional groups attached to an aromatic ring is 1. The van der Waals surface area contributed by atoms with Gasteiger partial charge in [-0.05, 0) is 36.3 Å². The van der Waals surface area contributed by atoms with E-state index in [1.54, 1.807) is 0 Å². The van der Waals surface area contributed by atoms with Gasteiger partial charge in [0.05, 0.1) is 0 Å². The first kappa shape index (κ1) is 10.9. The summed E-state index contributed by atoms with van der Waals surface area (Å²) in [4.78, 5) is 0. The molecule has 1 aromatic carbocycles. The van der Waals surface area contributed by atoms with Crippen LogP contribution in [0.1, 0.15) is 37.7 Å². The van der Waals surface area contributed by atoms with Gasteiger partial charge in [0.2, 0.25) is 0 Å². The van der Waals surface area contributed by atoms with Crippen LogP contribution in [0.2, 0.25) is 0 Å². The minimum atomic E-state index is 0.315. The highest BCUT2D eigenvalue weighted by atomic mass is 32.1. The van der Waals surface area contributed by atoms with Crippen molar-refractivity contribution in [3.05, 3.63) is 29.8 Å². The lowest BCUT2D eigenvalue weighted by molar-refractivity contribution is 0.326. The number of nitrogens with two attached hydrogens (primary N) is 1. The van der Waals surface area contributed by atoms with Gasteiger partial charge in [0.25, 0.3) is 0 Å². The Labute approximate surface area is 97.5 Å². The summed E-state index contributed by atoms with van der Waals surface area (Å²) >= 11 is 4.56. The Hall–Kier alpha value is -0.630. The Morgan fingerprint density at radius 3 is 2.20 bits per heavy atom. The van der Waals surface area contributed by atoms with Gasteiger partial charge >= 0.3 is 0 Å². The molecule has 1 aromatic rings. The Kier molecular flexibility index (Phi) is 3.25. The maximum atomic E-state index is 5.72. The van der Waals surface area contributed by atoms with Gasteiger partial charge in [-0.1, -0.05) is 31.4 Å². The number of rotatable bonds is 2. The van der Waals surface area contributed by atoms with Crippen molar-refractivity contribution in [1.29, 1.82) is 0 Å².